The number of rotatable bonds is 1. The Morgan fingerprint density at radius 1 is 1.04 bits per heavy atom. The van der Waals surface area contributed by atoms with Gasteiger partial charge in [-0.25, -0.2) is 0 Å². The average molecular weight is 493 g/mol. The molecule has 0 radical (unpaired) electrons. The lowest BCUT2D eigenvalue weighted by atomic mass is 9.70. The van der Waals surface area contributed by atoms with Crippen molar-refractivity contribution in [3.8, 4) is 0 Å². The summed E-state index contributed by atoms with van der Waals surface area (Å²) < 4.78 is 0.592. The van der Waals surface area contributed by atoms with Crippen LogP contribution in [0.15, 0.2) is 63.8 Å². The molecule has 3 aliphatic rings. The molecular weight excluding hydrogens is 481 g/mol. The van der Waals surface area contributed by atoms with Gasteiger partial charge >= 0.3 is 0 Å². The van der Waals surface area contributed by atoms with E-state index in [9.17, 15) is 34.8 Å². The van der Waals surface area contributed by atoms with Crippen LogP contribution in [0.3, 0.4) is 0 Å². The fraction of sp³-hybridized carbons (Fsp3) is 0.105. The molecule has 2 unspecified atom stereocenters. The minimum atomic E-state index is -1.40. The van der Waals surface area contributed by atoms with Crippen molar-refractivity contribution in [2.45, 2.75) is 6.10 Å². The van der Waals surface area contributed by atoms with Gasteiger partial charge < -0.3 is 26.2 Å². The van der Waals surface area contributed by atoms with Crippen LogP contribution in [-0.2, 0) is 9.59 Å². The van der Waals surface area contributed by atoms with Crippen molar-refractivity contribution in [3.63, 3.8) is 0 Å². The number of hydrogen-bond acceptors (Lipinski definition) is 7. The molecule has 0 fully saturated rings. The highest BCUT2D eigenvalue weighted by Gasteiger charge is 2.47. The van der Waals surface area contributed by atoms with Gasteiger partial charge in [0.1, 0.15) is 17.4 Å². The molecule has 0 saturated heterocycles. The number of ketones is 2. The SMILES string of the molecule is NC(=O)C1=C(O)C(O)=C2C(O)=C3C(=CC2C1=O)C(=O)c1cccc(I)c1C3O. The van der Waals surface area contributed by atoms with E-state index in [-0.39, 0.29) is 16.7 Å². The normalized spacial score (nSPS) is 24.0. The molecule has 8 nitrogen and oxygen atoms in total. The van der Waals surface area contributed by atoms with Crippen LogP contribution < -0.4 is 5.73 Å². The number of carbonyl (C=O) groups excluding carboxylic acids is 3. The van der Waals surface area contributed by atoms with E-state index >= 15 is 0 Å². The number of carbonyl (C=O) groups is 3. The molecular formula is C19H12INO7. The molecule has 3 aliphatic carbocycles. The van der Waals surface area contributed by atoms with E-state index in [0.717, 1.165) is 6.08 Å². The number of benzene rings is 1. The Kier molecular flexibility index (Phi) is 3.98. The van der Waals surface area contributed by atoms with Crippen molar-refractivity contribution in [3.05, 3.63) is 78.5 Å². The van der Waals surface area contributed by atoms with Crippen LogP contribution in [0.25, 0.3) is 0 Å². The fourth-order valence-corrected chi connectivity index (χ4v) is 4.55. The molecule has 1 aromatic carbocycles. The Bertz CT molecular complexity index is 1140. The van der Waals surface area contributed by atoms with Gasteiger partial charge in [0, 0.05) is 25.8 Å². The minimum absolute atomic E-state index is 0.111. The molecule has 0 heterocycles. The number of amides is 1. The maximum atomic E-state index is 13.0. The lowest BCUT2D eigenvalue weighted by Gasteiger charge is -2.34. The maximum absolute atomic E-state index is 13.0. The summed E-state index contributed by atoms with van der Waals surface area (Å²) in [6.45, 7) is 0. The summed E-state index contributed by atoms with van der Waals surface area (Å²) in [7, 11) is 0. The van der Waals surface area contributed by atoms with Crippen molar-refractivity contribution in [2.24, 2.45) is 11.7 Å². The lowest BCUT2D eigenvalue weighted by Crippen LogP contribution is -2.36. The largest absolute Gasteiger partial charge is 0.507 e. The zero-order valence-corrected chi connectivity index (χ0v) is 16.1. The van der Waals surface area contributed by atoms with Gasteiger partial charge in [0.15, 0.2) is 23.1 Å². The Labute approximate surface area is 171 Å². The molecule has 1 amide bonds. The minimum Gasteiger partial charge on any atom is -0.507 e. The van der Waals surface area contributed by atoms with Crippen molar-refractivity contribution in [2.75, 3.05) is 0 Å². The second-order valence-electron chi connectivity index (χ2n) is 6.47. The number of hydrogen-bond donors (Lipinski definition) is 5. The predicted molar refractivity (Wildman–Crippen MR) is 103 cm³/mol. The molecule has 1 aromatic rings. The predicted octanol–water partition coefficient (Wildman–Crippen LogP) is 1.58. The third-order valence-corrected chi connectivity index (χ3v) is 5.97. The molecule has 9 heteroatoms. The second-order valence-corrected chi connectivity index (χ2v) is 7.63. The number of nitrogens with two attached hydrogens (primary N) is 1. The van der Waals surface area contributed by atoms with Gasteiger partial charge in [0.05, 0.1) is 11.5 Å². The number of Topliss-reactive ketones (excluding diaryl/α,β-unsaturated/α-hetero) is 2. The van der Waals surface area contributed by atoms with E-state index in [1.54, 1.807) is 12.1 Å². The van der Waals surface area contributed by atoms with Gasteiger partial charge in [0.25, 0.3) is 5.91 Å². The van der Waals surface area contributed by atoms with Crippen LogP contribution in [0, 0.1) is 9.49 Å². The van der Waals surface area contributed by atoms with Crippen LogP contribution in [0.2, 0.25) is 0 Å². The van der Waals surface area contributed by atoms with Crippen LogP contribution in [0.1, 0.15) is 22.0 Å². The molecule has 4 rings (SSSR count). The maximum Gasteiger partial charge on any atom is 0.256 e. The van der Waals surface area contributed by atoms with E-state index in [1.165, 1.54) is 6.07 Å². The summed E-state index contributed by atoms with van der Waals surface area (Å²) in [4.78, 5) is 37.1. The summed E-state index contributed by atoms with van der Waals surface area (Å²) in [5.41, 5.74) is 4.12. The molecule has 28 heavy (non-hydrogen) atoms. The average Bonchev–Trinajstić information content (AvgIpc) is 2.63. The van der Waals surface area contributed by atoms with Crippen molar-refractivity contribution < 1.29 is 34.8 Å². The van der Waals surface area contributed by atoms with Gasteiger partial charge in [-0.2, -0.15) is 0 Å². The van der Waals surface area contributed by atoms with E-state index in [2.05, 4.69) is 0 Å². The Morgan fingerprint density at radius 2 is 1.71 bits per heavy atom. The number of allylic oxidation sites excluding steroid dienone is 2. The summed E-state index contributed by atoms with van der Waals surface area (Å²) in [5.74, 6) is -6.81. The van der Waals surface area contributed by atoms with Crippen LogP contribution in [0.4, 0.5) is 0 Å². The number of halogens is 1. The highest BCUT2D eigenvalue weighted by Crippen LogP contribution is 2.48. The second kappa shape index (κ2) is 6.04. The highest BCUT2D eigenvalue weighted by atomic mass is 127. The summed E-state index contributed by atoms with van der Waals surface area (Å²) in [6.07, 6.45) is -0.237. The Hall–Kier alpha value is -2.92. The first-order chi connectivity index (χ1) is 13.2. The Balaban J connectivity index is 2.04. The molecule has 6 N–H and O–H groups in total. The van der Waals surface area contributed by atoms with E-state index in [4.69, 9.17) is 5.73 Å². The molecule has 0 bridgehead atoms. The van der Waals surface area contributed by atoms with Gasteiger partial charge in [-0.1, -0.05) is 18.2 Å². The highest BCUT2D eigenvalue weighted by molar-refractivity contribution is 14.1. The zero-order chi connectivity index (χ0) is 20.5. The lowest BCUT2D eigenvalue weighted by molar-refractivity contribution is -0.122. The van der Waals surface area contributed by atoms with Gasteiger partial charge in [-0.3, -0.25) is 14.4 Å². The van der Waals surface area contributed by atoms with E-state index in [0.29, 0.717) is 9.13 Å². The first-order valence-corrected chi connectivity index (χ1v) is 9.12. The first kappa shape index (κ1) is 18.4. The zero-order valence-electron chi connectivity index (χ0n) is 13.9. The van der Waals surface area contributed by atoms with Crippen molar-refractivity contribution in [1.82, 2.24) is 0 Å². The van der Waals surface area contributed by atoms with E-state index in [1.807, 2.05) is 22.6 Å². The van der Waals surface area contributed by atoms with Crippen molar-refractivity contribution >= 4 is 40.1 Å². The third-order valence-electron chi connectivity index (χ3n) is 5.03. The number of aliphatic hydroxyl groups excluding tert-OH is 4. The van der Waals surface area contributed by atoms with E-state index < -0.39 is 57.9 Å². The smallest absolute Gasteiger partial charge is 0.256 e. The van der Waals surface area contributed by atoms with Crippen LogP contribution in [0.5, 0.6) is 0 Å². The van der Waals surface area contributed by atoms with Crippen LogP contribution in [-0.4, -0.2) is 37.9 Å². The molecule has 0 aromatic heterocycles. The monoisotopic (exact) mass is 493 g/mol. The Morgan fingerprint density at radius 3 is 2.36 bits per heavy atom. The van der Waals surface area contributed by atoms with Crippen LogP contribution >= 0.6 is 22.6 Å². The van der Waals surface area contributed by atoms with Crippen molar-refractivity contribution in [1.29, 1.82) is 0 Å². The third kappa shape index (κ3) is 2.23. The number of primary amides is 1. The summed E-state index contributed by atoms with van der Waals surface area (Å²) in [5, 5.41) is 41.9. The van der Waals surface area contributed by atoms with Gasteiger partial charge in [0.2, 0.25) is 0 Å². The quantitative estimate of drug-likeness (QED) is 0.294. The number of aliphatic hydroxyl groups is 4. The summed E-state index contributed by atoms with van der Waals surface area (Å²) >= 11 is 1.95. The first-order valence-electron chi connectivity index (χ1n) is 8.04. The molecule has 0 aliphatic heterocycles. The molecule has 142 valence electrons. The van der Waals surface area contributed by atoms with Gasteiger partial charge in [-0.15, -0.1) is 0 Å². The number of fused-ring (bicyclic) bond motifs is 3. The topological polar surface area (TPSA) is 158 Å². The standard InChI is InChI=1S/C19H12INO7/c20-8-3-1-2-5-9(8)15(24)10-6(13(5)22)4-7-11(16(10)25)17(26)18(27)12(14(7)23)19(21)28/h1-4,7,15,24-27H,(H2,21,28). The molecule has 0 saturated carbocycles. The summed E-state index contributed by atoms with van der Waals surface area (Å²) in [6, 6.07) is 4.84. The molecule has 0 spiro atoms. The molecule has 2 atom stereocenters. The van der Waals surface area contributed by atoms with Gasteiger partial charge in [-0.05, 0) is 28.7 Å². The fourth-order valence-electron chi connectivity index (χ4n) is 3.76.